The minimum absolute atomic E-state index is 0.00306. The lowest BCUT2D eigenvalue weighted by Gasteiger charge is -2.27. The summed E-state index contributed by atoms with van der Waals surface area (Å²) in [5.41, 5.74) is 23.3. The van der Waals surface area contributed by atoms with Crippen LogP contribution in [0.15, 0.2) is 164 Å². The minimum atomic E-state index is -0.523. The molecule has 0 unspecified atom stereocenters. The highest BCUT2D eigenvalue weighted by molar-refractivity contribution is 5.77. The van der Waals surface area contributed by atoms with Crippen LogP contribution in [0.3, 0.4) is 0 Å². The smallest absolute Gasteiger partial charge is 0.245 e. The molecular weight excluding hydrogens is 1620 g/mol. The van der Waals surface area contributed by atoms with Gasteiger partial charge in [0.05, 0.1) is 80.7 Å². The van der Waals surface area contributed by atoms with E-state index in [9.17, 15) is 37.1 Å². The van der Waals surface area contributed by atoms with Crippen molar-refractivity contribution in [2.75, 3.05) is 35.5 Å². The fraction of sp³-hybridized carbons (Fsp3) is 0.462. The van der Waals surface area contributed by atoms with Crippen LogP contribution in [-0.2, 0) is 86.8 Å². The number of amides is 5. The summed E-state index contributed by atoms with van der Waals surface area (Å²) in [4.78, 5) is 58.5. The van der Waals surface area contributed by atoms with Crippen LogP contribution in [0.25, 0.3) is 0 Å². The topological polar surface area (TPSA) is 382 Å². The summed E-state index contributed by atoms with van der Waals surface area (Å²) in [5.74, 6) is -3.78. The number of hydrogen-bond donors (Lipinski definition) is 10. The van der Waals surface area contributed by atoms with E-state index < -0.39 is 47.8 Å². The Hall–Kier alpha value is -11.1. The summed E-state index contributed by atoms with van der Waals surface area (Å²) in [6.07, 6.45) is 16.8. The molecule has 126 heavy (non-hydrogen) atoms. The zero-order valence-corrected chi connectivity index (χ0v) is 73.9. The molecule has 33 heteroatoms. The highest BCUT2D eigenvalue weighted by atomic mass is 19.1. The number of hydroxylamine groups is 5. The molecule has 3 aliphatic carbocycles. The number of carbonyl (C=O) groups is 5. The lowest BCUT2D eigenvalue weighted by Crippen LogP contribution is -2.32. The quantitative estimate of drug-likeness (QED) is 0.0126. The van der Waals surface area contributed by atoms with E-state index in [1.54, 1.807) is 110 Å². The Morgan fingerprint density at radius 2 is 0.659 bits per heavy atom. The first-order valence-electron chi connectivity index (χ1n) is 42.4. The molecule has 5 heterocycles. The van der Waals surface area contributed by atoms with Gasteiger partial charge in [0.2, 0.25) is 29.5 Å². The molecule has 13 rings (SSSR count). The van der Waals surface area contributed by atoms with Gasteiger partial charge in [-0.05, 0) is 224 Å². The number of aryl methyl sites for hydroxylation is 6. The second kappa shape index (κ2) is 48.6. The second-order valence-electron chi connectivity index (χ2n) is 32.8. The van der Waals surface area contributed by atoms with Crippen molar-refractivity contribution in [1.29, 1.82) is 0 Å². The van der Waals surface area contributed by atoms with E-state index >= 15 is 0 Å². The zero-order valence-electron chi connectivity index (χ0n) is 73.9. The number of aromatic nitrogens is 10. The number of ether oxygens (including phenoxy) is 5. The first-order chi connectivity index (χ1) is 60.6. The van der Waals surface area contributed by atoms with Gasteiger partial charge in [0.1, 0.15) is 17.5 Å². The standard InChI is InChI=1S/2C19H24FN3O3.C19H25N3O3.C19H27N3O3.C17H22FN3O3/c1-12-9-13(3-6-16(12)20)10-15(18(26-2)11-19(24)22-25)17-7-8-21-23(17)14-4-5-14;1-12-9-14(20)4-3-13(12)10-16(18(26-2)11-19(24)22-25)17-7-8-21-23(17)15-5-6-15;1-13-3-5-14(6-4-13)11-16(18(25-2)12-19(23)21-24)17-9-10-20-22(17)15-7-8-15;1-13(2)22-17(9-10-20-22)16(18(25-4)12-19(23)21-24)11-15-7-5-14(3)6-8-15;1-11-8-13(18)5-4-12(11)9-14(15-6-7-19-21(15)2)16(24-3)10-17(22)20-23/h3,6-9,14-15,18,25H,4-5,10-11H2,1-2H3,(H,22,24);3-4,7-9,15-16,18,25H,5-6,10-11H2,1-2H3,(H,22,24);3-6,9-10,15-16,18,24H,7-8,11-12H2,1-2H3,(H,21,23);5-10,13,16,18,24H,11-12H2,1-4H3,(H,21,23);4-8,14,16,23H,9-10H2,1-3H3,(H,20,22)/t15-,18-;3*16-,18-;14-,16-/m11111/s1. The van der Waals surface area contributed by atoms with Crippen LogP contribution in [0, 0.1) is 52.1 Å². The van der Waals surface area contributed by atoms with E-state index in [1.807, 2.05) is 77.5 Å². The molecule has 30 nitrogen and oxygen atoms in total. The van der Waals surface area contributed by atoms with Gasteiger partial charge in [-0.15, -0.1) is 0 Å². The Labute approximate surface area is 733 Å². The third-order valence-electron chi connectivity index (χ3n) is 23.4. The maximum absolute atomic E-state index is 13.6. The molecule has 10 aromatic rings. The van der Waals surface area contributed by atoms with Gasteiger partial charge in [0.25, 0.3) is 0 Å². The molecule has 0 saturated heterocycles. The zero-order chi connectivity index (χ0) is 91.3. The predicted octanol–water partition coefficient (Wildman–Crippen LogP) is 13.7. The van der Waals surface area contributed by atoms with Crippen molar-refractivity contribution in [2.45, 2.75) is 235 Å². The van der Waals surface area contributed by atoms with Crippen LogP contribution in [0.4, 0.5) is 13.2 Å². The summed E-state index contributed by atoms with van der Waals surface area (Å²) >= 11 is 0. The number of rotatable bonds is 39. The summed E-state index contributed by atoms with van der Waals surface area (Å²) in [7, 11) is 9.64. The fourth-order valence-corrected chi connectivity index (χ4v) is 16.0. The summed E-state index contributed by atoms with van der Waals surface area (Å²) in [6, 6.07) is 42.3. The Morgan fingerprint density at radius 1 is 0.365 bits per heavy atom. The molecule has 3 fully saturated rings. The van der Waals surface area contributed by atoms with Crippen LogP contribution in [0.5, 0.6) is 0 Å². The van der Waals surface area contributed by atoms with Crippen LogP contribution >= 0.6 is 0 Å². The normalized spacial score (nSPS) is 15.3. The van der Waals surface area contributed by atoms with E-state index in [-0.39, 0.29) is 97.4 Å². The van der Waals surface area contributed by atoms with Gasteiger partial charge in [0.15, 0.2) is 0 Å². The molecule has 0 spiro atoms. The van der Waals surface area contributed by atoms with Gasteiger partial charge in [-0.3, -0.25) is 73.4 Å². The molecule has 0 bridgehead atoms. The predicted molar refractivity (Wildman–Crippen MR) is 462 cm³/mol. The van der Waals surface area contributed by atoms with Crippen LogP contribution in [-0.4, -0.2) is 171 Å². The van der Waals surface area contributed by atoms with Crippen molar-refractivity contribution in [1.82, 2.24) is 76.3 Å². The number of benzene rings is 5. The SMILES string of the molecule is CO[C@H](CC(=O)NO)[C@H](Cc1ccc(C)cc1)c1ccnn1C(C)C.CO[C@H](CC(=O)NO)[C@H](Cc1ccc(C)cc1)c1ccnn1C1CC1.CO[C@H](CC(=O)NO)[C@H](Cc1ccc(F)c(C)c1)c1ccnn1C1CC1.CO[C@H](CC(=O)NO)[C@H](Cc1ccc(F)cc1C)c1ccnn1C.CO[C@H](CC(=O)NO)[C@H](Cc1ccc(F)cc1C)c1ccnn1C1CC1. The number of halogens is 3. The number of methoxy groups -OCH3 is 5. The van der Waals surface area contributed by atoms with E-state index in [1.165, 1.54) is 59.7 Å². The Morgan fingerprint density at radius 3 is 0.960 bits per heavy atom. The average Bonchev–Trinajstić information content (AvgIpc) is 1.65. The number of nitrogens with one attached hydrogen (secondary N) is 5. The highest BCUT2D eigenvalue weighted by Crippen LogP contribution is 2.43. The monoisotopic (exact) mass is 1750 g/mol. The van der Waals surface area contributed by atoms with Gasteiger partial charge in [-0.2, -0.15) is 25.5 Å². The fourth-order valence-electron chi connectivity index (χ4n) is 16.0. The number of hydrogen-bond acceptors (Lipinski definition) is 20. The largest absolute Gasteiger partial charge is 0.380 e. The molecule has 680 valence electrons. The Bertz CT molecular complexity index is 4970. The molecule has 10 N–H and O–H groups in total. The molecule has 5 amide bonds. The van der Waals surface area contributed by atoms with Gasteiger partial charge in [0, 0.05) is 138 Å². The van der Waals surface area contributed by atoms with Crippen molar-refractivity contribution < 1.29 is 86.9 Å². The van der Waals surface area contributed by atoms with Gasteiger partial charge in [-0.1, -0.05) is 83.9 Å². The third-order valence-corrected chi connectivity index (χ3v) is 23.4. The van der Waals surface area contributed by atoms with E-state index in [0.717, 1.165) is 108 Å². The molecule has 3 saturated carbocycles. The lowest BCUT2D eigenvalue weighted by molar-refractivity contribution is -0.132. The van der Waals surface area contributed by atoms with Crippen molar-refractivity contribution in [2.24, 2.45) is 7.05 Å². The Balaban J connectivity index is 0.000000178. The second-order valence-corrected chi connectivity index (χ2v) is 32.8. The molecule has 3 aliphatic rings. The summed E-state index contributed by atoms with van der Waals surface area (Å²) < 4.78 is 78.2. The van der Waals surface area contributed by atoms with E-state index in [2.05, 4.69) is 106 Å². The molecule has 10 atom stereocenters. The summed E-state index contributed by atoms with van der Waals surface area (Å²) in [5, 5.41) is 66.3. The molecular formula is C93H122F3N15O15. The van der Waals surface area contributed by atoms with Gasteiger partial charge >= 0.3 is 0 Å². The molecule has 5 aromatic carbocycles. The van der Waals surface area contributed by atoms with Gasteiger partial charge in [-0.25, -0.2) is 40.6 Å². The average molecular weight is 1750 g/mol. The maximum Gasteiger partial charge on any atom is 0.245 e. The third kappa shape index (κ3) is 28.4. The number of carbonyl (C=O) groups excluding carboxylic acids is 5. The first kappa shape index (κ1) is 98.7. The maximum atomic E-state index is 13.6. The Kier molecular flexibility index (Phi) is 38.0. The van der Waals surface area contributed by atoms with Crippen molar-refractivity contribution >= 4 is 29.5 Å². The van der Waals surface area contributed by atoms with E-state index in [4.69, 9.17) is 49.7 Å². The molecule has 5 aromatic heterocycles. The van der Waals surface area contributed by atoms with E-state index in [0.29, 0.717) is 43.0 Å². The minimum Gasteiger partial charge on any atom is -0.380 e. The number of nitrogens with zero attached hydrogens (tertiary/aromatic N) is 10. The van der Waals surface area contributed by atoms with Crippen LogP contribution < -0.4 is 27.4 Å². The van der Waals surface area contributed by atoms with Crippen LogP contribution in [0.2, 0.25) is 0 Å². The van der Waals surface area contributed by atoms with Crippen LogP contribution in [0.1, 0.15) is 222 Å². The molecule has 0 radical (unpaired) electrons. The first-order valence-corrected chi connectivity index (χ1v) is 42.4. The molecule has 0 aliphatic heterocycles. The van der Waals surface area contributed by atoms with Crippen molar-refractivity contribution in [3.8, 4) is 0 Å². The summed E-state index contributed by atoms with van der Waals surface area (Å²) in [6.45, 7) is 13.7. The lowest BCUT2D eigenvalue weighted by atomic mass is 9.87. The van der Waals surface area contributed by atoms with Gasteiger partial charge < -0.3 is 23.7 Å². The van der Waals surface area contributed by atoms with Crippen molar-refractivity contribution in [3.05, 3.63) is 266 Å². The highest BCUT2D eigenvalue weighted by Gasteiger charge is 2.38. The van der Waals surface area contributed by atoms with Crippen molar-refractivity contribution in [3.63, 3.8) is 0 Å².